The summed E-state index contributed by atoms with van der Waals surface area (Å²) in [6, 6.07) is 0.349. The molecule has 15 heavy (non-hydrogen) atoms. The fourth-order valence-corrected chi connectivity index (χ4v) is 2.14. The van der Waals surface area contributed by atoms with Crippen LogP contribution in [0.1, 0.15) is 36.8 Å². The Morgan fingerprint density at radius 3 is 3.13 bits per heavy atom. The average molecular weight is 209 g/mol. The van der Waals surface area contributed by atoms with E-state index in [9.17, 15) is 4.79 Å². The van der Waals surface area contributed by atoms with Crippen molar-refractivity contribution in [3.63, 3.8) is 0 Å². The van der Waals surface area contributed by atoms with Crippen LogP contribution in [0.15, 0.2) is 6.20 Å². The van der Waals surface area contributed by atoms with Crippen LogP contribution < -0.4 is 5.32 Å². The van der Waals surface area contributed by atoms with Gasteiger partial charge < -0.3 is 15.0 Å². The molecule has 1 aliphatic heterocycles. The van der Waals surface area contributed by atoms with Crippen LogP contribution in [0.5, 0.6) is 0 Å². The van der Waals surface area contributed by atoms with Gasteiger partial charge in [-0.05, 0) is 12.3 Å². The van der Waals surface area contributed by atoms with Crippen molar-refractivity contribution in [2.75, 3.05) is 11.9 Å². The van der Waals surface area contributed by atoms with Crippen LogP contribution in [0.2, 0.25) is 0 Å². The summed E-state index contributed by atoms with van der Waals surface area (Å²) in [5.41, 5.74) is 0.116. The third-order valence-electron chi connectivity index (χ3n) is 2.97. The van der Waals surface area contributed by atoms with Crippen molar-refractivity contribution in [3.05, 3.63) is 11.9 Å². The Balaban J connectivity index is 2.40. The Hall–Kier alpha value is -1.52. The number of aromatic carboxylic acids is 1. The van der Waals surface area contributed by atoms with Gasteiger partial charge in [-0.25, -0.2) is 9.78 Å². The largest absolute Gasteiger partial charge is 0.476 e. The van der Waals surface area contributed by atoms with Gasteiger partial charge in [0.1, 0.15) is 0 Å². The number of carbonyl (C=O) groups is 1. The molecule has 2 atom stereocenters. The number of anilines is 1. The number of nitrogens with zero attached hydrogens (tertiary/aromatic N) is 2. The van der Waals surface area contributed by atoms with Crippen molar-refractivity contribution in [1.82, 2.24) is 9.55 Å². The maximum absolute atomic E-state index is 10.8. The molecule has 0 bridgehead atoms. The van der Waals surface area contributed by atoms with Crippen molar-refractivity contribution in [3.8, 4) is 0 Å². The van der Waals surface area contributed by atoms with Crippen LogP contribution in [0.4, 0.5) is 5.95 Å². The summed E-state index contributed by atoms with van der Waals surface area (Å²) in [6.07, 6.45) is 2.61. The van der Waals surface area contributed by atoms with Gasteiger partial charge in [0.05, 0.1) is 0 Å². The summed E-state index contributed by atoms with van der Waals surface area (Å²) in [6.45, 7) is 5.12. The molecule has 2 N–H and O–H groups in total. The van der Waals surface area contributed by atoms with Crippen molar-refractivity contribution in [2.45, 2.75) is 26.3 Å². The molecule has 2 unspecified atom stereocenters. The summed E-state index contributed by atoms with van der Waals surface area (Å²) >= 11 is 0. The average Bonchev–Trinajstić information content (AvgIpc) is 2.61. The number of aromatic nitrogens is 2. The predicted molar refractivity (Wildman–Crippen MR) is 56.2 cm³/mol. The van der Waals surface area contributed by atoms with E-state index in [2.05, 4.69) is 24.1 Å². The number of hydrogen-bond acceptors (Lipinski definition) is 3. The number of rotatable bonds is 2. The quantitative estimate of drug-likeness (QED) is 0.776. The van der Waals surface area contributed by atoms with Crippen molar-refractivity contribution in [2.24, 2.45) is 5.92 Å². The molecule has 0 aliphatic carbocycles. The van der Waals surface area contributed by atoms with Gasteiger partial charge in [-0.2, -0.15) is 0 Å². The smallest absolute Gasteiger partial charge is 0.356 e. The summed E-state index contributed by atoms with van der Waals surface area (Å²) < 4.78 is 1.94. The second-order valence-corrected chi connectivity index (χ2v) is 4.00. The highest BCUT2D eigenvalue weighted by molar-refractivity contribution is 5.85. The Labute approximate surface area is 88.1 Å². The lowest BCUT2D eigenvalue weighted by Crippen LogP contribution is -2.30. The molecule has 0 aromatic carbocycles. The van der Waals surface area contributed by atoms with E-state index in [4.69, 9.17) is 5.11 Å². The van der Waals surface area contributed by atoms with Gasteiger partial charge in [-0.1, -0.05) is 13.8 Å². The third kappa shape index (κ3) is 1.58. The highest BCUT2D eigenvalue weighted by Gasteiger charge is 2.26. The summed E-state index contributed by atoms with van der Waals surface area (Å²) in [7, 11) is 0. The van der Waals surface area contributed by atoms with E-state index in [1.807, 2.05) is 4.57 Å². The normalized spacial score (nSPS) is 24.4. The fourth-order valence-electron chi connectivity index (χ4n) is 2.14. The Morgan fingerprint density at radius 1 is 1.80 bits per heavy atom. The predicted octanol–water partition coefficient (Wildman–Crippen LogP) is 1.59. The molecule has 5 nitrogen and oxygen atoms in total. The molecule has 1 aromatic rings. The van der Waals surface area contributed by atoms with Crippen LogP contribution >= 0.6 is 0 Å². The second-order valence-electron chi connectivity index (χ2n) is 4.00. The minimum atomic E-state index is -0.971. The number of fused-ring (bicyclic) bond motifs is 1. The Bertz CT molecular complexity index is 386. The zero-order valence-electron chi connectivity index (χ0n) is 8.90. The molecule has 0 saturated carbocycles. The van der Waals surface area contributed by atoms with Gasteiger partial charge in [-0.15, -0.1) is 0 Å². The highest BCUT2D eigenvalue weighted by atomic mass is 16.4. The first-order valence-electron chi connectivity index (χ1n) is 5.19. The van der Waals surface area contributed by atoms with Gasteiger partial charge in [0.2, 0.25) is 5.95 Å². The molecule has 2 heterocycles. The first-order valence-corrected chi connectivity index (χ1v) is 5.19. The maximum Gasteiger partial charge on any atom is 0.356 e. The van der Waals surface area contributed by atoms with Crippen LogP contribution in [0.25, 0.3) is 0 Å². The first kappa shape index (κ1) is 10.0. The van der Waals surface area contributed by atoms with Crippen LogP contribution in [-0.2, 0) is 0 Å². The lowest BCUT2D eigenvalue weighted by Gasteiger charge is -2.30. The molecule has 1 aliphatic rings. The summed E-state index contributed by atoms with van der Waals surface area (Å²) in [5.74, 6) is 0.205. The van der Waals surface area contributed by atoms with E-state index in [0.717, 1.165) is 13.0 Å². The van der Waals surface area contributed by atoms with Crippen molar-refractivity contribution < 1.29 is 9.90 Å². The molecule has 0 spiro atoms. The van der Waals surface area contributed by atoms with Gasteiger partial charge in [0, 0.05) is 18.8 Å². The van der Waals surface area contributed by atoms with Crippen molar-refractivity contribution in [1.29, 1.82) is 0 Å². The minimum absolute atomic E-state index is 0.116. The van der Waals surface area contributed by atoms with E-state index in [0.29, 0.717) is 17.9 Å². The number of imidazole rings is 1. The zero-order chi connectivity index (χ0) is 11.0. The molecule has 1 aromatic heterocycles. The molecule has 0 fully saturated rings. The van der Waals surface area contributed by atoms with E-state index >= 15 is 0 Å². The topological polar surface area (TPSA) is 67.2 Å². The molecular formula is C10H15N3O2. The monoisotopic (exact) mass is 209 g/mol. The van der Waals surface area contributed by atoms with E-state index in [-0.39, 0.29) is 5.69 Å². The Morgan fingerprint density at radius 2 is 2.53 bits per heavy atom. The van der Waals surface area contributed by atoms with Gasteiger partial charge in [0.25, 0.3) is 0 Å². The number of carboxylic acid groups (broad SMARTS) is 1. The molecular weight excluding hydrogens is 194 g/mol. The molecule has 0 amide bonds. The molecule has 5 heteroatoms. The first-order chi connectivity index (χ1) is 7.13. The molecule has 0 saturated heterocycles. The molecule has 0 radical (unpaired) electrons. The SMILES string of the molecule is CCC1C(C)CNc2nc(C(=O)O)cn21. The fraction of sp³-hybridized carbons (Fsp3) is 0.600. The molecule has 82 valence electrons. The number of nitrogens with one attached hydrogen (secondary N) is 1. The van der Waals surface area contributed by atoms with Crippen LogP contribution in [-0.4, -0.2) is 27.2 Å². The number of hydrogen-bond donors (Lipinski definition) is 2. The summed E-state index contributed by atoms with van der Waals surface area (Å²) in [5, 5.41) is 12.0. The standard InChI is InChI=1S/C10H15N3O2/c1-3-8-6(2)4-11-10-12-7(9(14)15)5-13(8)10/h5-6,8H,3-4H2,1-2H3,(H,11,12)(H,14,15). The van der Waals surface area contributed by atoms with Crippen LogP contribution in [0, 0.1) is 5.92 Å². The minimum Gasteiger partial charge on any atom is -0.476 e. The summed E-state index contributed by atoms with van der Waals surface area (Å²) in [4.78, 5) is 14.8. The van der Waals surface area contributed by atoms with Gasteiger partial charge in [-0.3, -0.25) is 0 Å². The molecule has 2 rings (SSSR count). The maximum atomic E-state index is 10.8. The highest BCUT2D eigenvalue weighted by Crippen LogP contribution is 2.30. The second kappa shape index (κ2) is 3.56. The zero-order valence-corrected chi connectivity index (χ0v) is 8.90. The van der Waals surface area contributed by atoms with Gasteiger partial charge in [0.15, 0.2) is 5.69 Å². The van der Waals surface area contributed by atoms with Gasteiger partial charge >= 0.3 is 5.97 Å². The van der Waals surface area contributed by atoms with E-state index in [1.165, 1.54) is 0 Å². The Kier molecular flexibility index (Phi) is 2.38. The number of carboxylic acids is 1. The van der Waals surface area contributed by atoms with Crippen LogP contribution in [0.3, 0.4) is 0 Å². The van der Waals surface area contributed by atoms with Crippen molar-refractivity contribution >= 4 is 11.9 Å². The lowest BCUT2D eigenvalue weighted by molar-refractivity contribution is 0.0691. The van der Waals surface area contributed by atoms with E-state index < -0.39 is 5.97 Å². The lowest BCUT2D eigenvalue weighted by atomic mass is 9.98. The third-order valence-corrected chi connectivity index (χ3v) is 2.97. The van der Waals surface area contributed by atoms with E-state index in [1.54, 1.807) is 6.20 Å².